The molecule has 0 aliphatic heterocycles. The van der Waals surface area contributed by atoms with Crippen LogP contribution in [0.2, 0.25) is 0 Å². The van der Waals surface area contributed by atoms with Gasteiger partial charge in [0.25, 0.3) is 0 Å². The van der Waals surface area contributed by atoms with Crippen molar-refractivity contribution in [3.05, 3.63) is 0 Å². The lowest BCUT2D eigenvalue weighted by Gasteiger charge is -2.06. The van der Waals surface area contributed by atoms with Gasteiger partial charge in [0.15, 0.2) is 0 Å². The van der Waals surface area contributed by atoms with Crippen molar-refractivity contribution in [2.24, 2.45) is 0 Å². The highest BCUT2D eigenvalue weighted by molar-refractivity contribution is 8.92. The fourth-order valence-corrected chi connectivity index (χ4v) is 29.0. The van der Waals surface area contributed by atoms with E-state index in [-0.39, 0.29) is 14.0 Å². The van der Waals surface area contributed by atoms with Crippen LogP contribution in [0.3, 0.4) is 0 Å². The van der Waals surface area contributed by atoms with Crippen molar-refractivity contribution >= 4 is 57.6 Å². The first-order chi connectivity index (χ1) is 3.55. The molecular formula is H9P7. The van der Waals surface area contributed by atoms with Crippen LogP contribution in [0, 0.1) is 0 Å². The molecule has 0 rings (SSSR count). The molecule has 0 bridgehead atoms. The summed E-state index contributed by atoms with van der Waals surface area (Å²) in [7, 11) is 10.3. The summed E-state index contributed by atoms with van der Waals surface area (Å²) in [6.07, 6.45) is 0. The van der Waals surface area contributed by atoms with E-state index in [0.29, 0.717) is 0 Å². The van der Waals surface area contributed by atoms with Gasteiger partial charge in [-0.05, 0) is 14.0 Å². The third-order valence-corrected chi connectivity index (χ3v) is 16.7. The van der Waals surface area contributed by atoms with Gasteiger partial charge in [0, 0.05) is 0 Å². The van der Waals surface area contributed by atoms with Crippen LogP contribution in [0.25, 0.3) is 0 Å². The van der Waals surface area contributed by atoms with Crippen molar-refractivity contribution in [2.75, 3.05) is 0 Å². The van der Waals surface area contributed by atoms with Gasteiger partial charge in [-0.3, -0.25) is 0 Å². The summed E-state index contributed by atoms with van der Waals surface area (Å²) in [6, 6.07) is 0. The van der Waals surface area contributed by atoms with Gasteiger partial charge >= 0.3 is 0 Å². The standard InChI is InChI=1S/H9P7/c1-6(2)5-7(3)4/h5H,1-4H2/i5T. The molecule has 7 heteroatoms. The Hall–Kier alpha value is 3.01. The summed E-state index contributed by atoms with van der Waals surface area (Å²) in [4.78, 5) is 0. The van der Waals surface area contributed by atoms with Crippen LogP contribution in [0.5, 0.6) is 0 Å². The second kappa shape index (κ2) is 5.77. The largest absolute Gasteiger partial charge is 0.103 e. The molecule has 44 valence electrons. The van der Waals surface area contributed by atoms with E-state index in [2.05, 4.69) is 35.7 Å². The zero-order chi connectivity index (χ0) is 6.73. The summed E-state index contributed by atoms with van der Waals surface area (Å²) >= 11 is 0. The van der Waals surface area contributed by atoms with Gasteiger partial charge in [-0.25, -0.2) is 0 Å². The van der Waals surface area contributed by atoms with Crippen molar-refractivity contribution in [2.45, 2.75) is 0 Å². The first kappa shape index (κ1) is 8.11. The first-order valence-electron chi connectivity index (χ1n) is 1.88. The molecule has 0 fully saturated rings. The molecule has 0 radical (unpaired) electrons. The van der Waals surface area contributed by atoms with E-state index in [0.717, 1.165) is 0 Å². The van der Waals surface area contributed by atoms with E-state index >= 15 is 0 Å². The predicted octanol–water partition coefficient (Wildman–Crippen LogP) is 3.62. The molecule has 0 aromatic heterocycles. The van der Waals surface area contributed by atoms with E-state index in [4.69, 9.17) is 1.28 Å². The molecule has 0 aromatic carbocycles. The molecule has 7 heavy (non-hydrogen) atoms. The molecule has 4 atom stereocenters. The second-order valence-corrected chi connectivity index (χ2v) is 22.9. The molecule has 0 spiro atoms. The van der Waals surface area contributed by atoms with E-state index in [1.807, 2.05) is 0 Å². The molecule has 0 heterocycles. The third kappa shape index (κ3) is 9.01. The summed E-state index contributed by atoms with van der Waals surface area (Å²) in [6.45, 7) is -0.298. The Morgan fingerprint density at radius 1 is 1.14 bits per heavy atom. The smallest absolute Gasteiger partial charge is 0.0688 e. The molecule has 0 aliphatic rings. The average molecular weight is 228 g/mol. The summed E-state index contributed by atoms with van der Waals surface area (Å²) in [5, 5.41) is 0. The highest BCUT2D eigenvalue weighted by Gasteiger charge is 1.94. The SMILES string of the molecule is [3H]P(P(P)P)P(P)P. The van der Waals surface area contributed by atoms with Gasteiger partial charge in [0.1, 0.15) is 0 Å². The lowest BCUT2D eigenvalue weighted by molar-refractivity contribution is 4.92. The Labute approximate surface area is 59.3 Å². The molecular weight excluding hydrogens is 217 g/mol. The maximum atomic E-state index is 7.52. The van der Waals surface area contributed by atoms with Crippen LogP contribution in [-0.2, 0) is 0 Å². The van der Waals surface area contributed by atoms with E-state index in [1.165, 1.54) is 0 Å². The van der Waals surface area contributed by atoms with Crippen LogP contribution in [0.15, 0.2) is 0 Å². The van der Waals surface area contributed by atoms with Crippen molar-refractivity contribution in [3.8, 4) is 0 Å². The number of rotatable bonds is 2. The van der Waals surface area contributed by atoms with E-state index < -0.39 is 7.90 Å². The normalized spacial score (nSPS) is 13.9. The highest BCUT2D eigenvalue weighted by atomic mass is 33.0. The molecule has 0 aliphatic carbocycles. The molecule has 0 amide bonds. The van der Waals surface area contributed by atoms with Gasteiger partial charge in [-0.15, -0.1) is 35.7 Å². The highest BCUT2D eigenvalue weighted by Crippen LogP contribution is 2.86. The third-order valence-electron chi connectivity index (χ3n) is 0.207. The van der Waals surface area contributed by atoms with Gasteiger partial charge in [-0.2, -0.15) is 0 Å². The van der Waals surface area contributed by atoms with Crippen molar-refractivity contribution in [1.82, 2.24) is 0 Å². The van der Waals surface area contributed by atoms with Crippen LogP contribution >= 0.6 is 57.6 Å². The predicted molar refractivity (Wildman–Crippen MR) is 61.0 cm³/mol. The molecule has 0 saturated carbocycles. The van der Waals surface area contributed by atoms with Gasteiger partial charge in [-0.1, -0.05) is 7.90 Å². The monoisotopic (exact) mass is 228 g/mol. The Morgan fingerprint density at radius 3 is 1.43 bits per heavy atom. The van der Waals surface area contributed by atoms with Crippen LogP contribution < -0.4 is 0 Å². The molecule has 0 N–H and O–H groups in total. The van der Waals surface area contributed by atoms with Crippen molar-refractivity contribution in [1.29, 1.82) is 1.28 Å². The number of hydrogen-bond donors (Lipinski definition) is 0. The van der Waals surface area contributed by atoms with Gasteiger partial charge < -0.3 is 0 Å². The van der Waals surface area contributed by atoms with E-state index in [1.54, 1.807) is 0 Å². The minimum Gasteiger partial charge on any atom is -0.103 e. The van der Waals surface area contributed by atoms with Crippen LogP contribution in [0.4, 0.5) is 0 Å². The minimum atomic E-state index is -0.467. The average Bonchev–Trinajstić information content (AvgIpc) is 1.64. The van der Waals surface area contributed by atoms with Gasteiger partial charge in [0.2, 0.25) is 0 Å². The Bertz CT molecular complexity index is 49.4. The Kier molecular flexibility index (Phi) is 6.68. The summed E-state index contributed by atoms with van der Waals surface area (Å²) in [5.74, 6) is 0. The van der Waals surface area contributed by atoms with Crippen molar-refractivity contribution < 1.29 is 0 Å². The first-order valence-corrected chi connectivity index (χ1v) is 12.9. The fourth-order valence-electron chi connectivity index (χ4n) is 0.119. The summed E-state index contributed by atoms with van der Waals surface area (Å²) < 4.78 is 7.52. The lowest BCUT2D eigenvalue weighted by atomic mass is 29.0. The fraction of sp³-hybridized carbons (Fsp3) is 0. The van der Waals surface area contributed by atoms with Crippen LogP contribution in [-0.4, -0.2) is 1.28 Å². The maximum Gasteiger partial charge on any atom is 0.0688 e. The van der Waals surface area contributed by atoms with E-state index in [9.17, 15) is 0 Å². The second-order valence-electron chi connectivity index (χ2n) is 0.849. The zero-order valence-electron chi connectivity index (χ0n) is 4.65. The molecule has 0 nitrogen and oxygen atoms in total. The quantitative estimate of drug-likeness (QED) is 0.633. The molecule has 4 unspecified atom stereocenters. The topological polar surface area (TPSA) is 0 Å². The minimum absolute atomic E-state index is 0.149. The van der Waals surface area contributed by atoms with Gasteiger partial charge in [0.05, 0.1) is 1.28 Å². The molecule has 0 saturated heterocycles. The maximum absolute atomic E-state index is 7.52. The lowest BCUT2D eigenvalue weighted by Crippen LogP contribution is -1.14. The zero-order valence-corrected chi connectivity index (χ0v) is 11.0. The Morgan fingerprint density at radius 2 is 1.43 bits per heavy atom. The summed E-state index contributed by atoms with van der Waals surface area (Å²) in [5.41, 5.74) is 0. The van der Waals surface area contributed by atoms with Crippen molar-refractivity contribution in [3.63, 3.8) is 0 Å². The van der Waals surface area contributed by atoms with Crippen LogP contribution in [0.1, 0.15) is 0 Å². The Balaban J connectivity index is 3.46. The number of hydrogen-bond acceptors (Lipinski definition) is 0. The molecule has 0 aromatic rings.